The highest BCUT2D eigenvalue weighted by Gasteiger charge is 2.23. The Bertz CT molecular complexity index is 1130. The normalized spacial score (nSPS) is 12.0. The first-order valence-corrected chi connectivity index (χ1v) is 9.16. The summed E-state index contributed by atoms with van der Waals surface area (Å²) in [6.45, 7) is 2.52. The maximum Gasteiger partial charge on any atom is 0.354 e. The van der Waals surface area contributed by atoms with E-state index in [0.717, 1.165) is 27.8 Å². The topological polar surface area (TPSA) is 75.2 Å². The number of aromatic carboxylic acids is 1. The first-order chi connectivity index (χ1) is 13.7. The van der Waals surface area contributed by atoms with E-state index < -0.39 is 5.97 Å². The quantitative estimate of drug-likeness (QED) is 0.508. The Morgan fingerprint density at radius 2 is 1.93 bits per heavy atom. The highest BCUT2D eigenvalue weighted by atomic mass is 16.5. The van der Waals surface area contributed by atoms with Crippen LogP contribution in [0.15, 0.2) is 72.9 Å². The van der Waals surface area contributed by atoms with Crippen molar-refractivity contribution in [1.82, 2.24) is 9.97 Å². The molecule has 0 aliphatic heterocycles. The van der Waals surface area contributed by atoms with E-state index in [2.05, 4.69) is 16.0 Å². The van der Waals surface area contributed by atoms with Gasteiger partial charge in [-0.05, 0) is 48.4 Å². The highest BCUT2D eigenvalue weighted by molar-refractivity contribution is 5.86. The summed E-state index contributed by atoms with van der Waals surface area (Å²) >= 11 is 0. The van der Waals surface area contributed by atoms with E-state index in [1.807, 2.05) is 61.7 Å². The second-order valence-electron chi connectivity index (χ2n) is 6.48. The molecular formula is C23H20N2O3. The van der Waals surface area contributed by atoms with Crippen LogP contribution in [0.4, 0.5) is 0 Å². The lowest BCUT2D eigenvalue weighted by Crippen LogP contribution is -2.09. The van der Waals surface area contributed by atoms with Crippen LogP contribution >= 0.6 is 0 Å². The lowest BCUT2D eigenvalue weighted by molar-refractivity contribution is 0.0690. The number of fused-ring (bicyclic) bond motifs is 1. The molecule has 0 spiro atoms. The molecule has 0 aliphatic rings. The fourth-order valence-corrected chi connectivity index (χ4v) is 3.52. The van der Waals surface area contributed by atoms with Crippen LogP contribution in [0.25, 0.3) is 10.9 Å². The Hall–Kier alpha value is -3.60. The Labute approximate surface area is 162 Å². The van der Waals surface area contributed by atoms with Crippen molar-refractivity contribution in [3.8, 4) is 5.75 Å². The molecule has 4 aromatic rings. The minimum atomic E-state index is -1.04. The number of H-pyrrole nitrogens is 1. The van der Waals surface area contributed by atoms with Gasteiger partial charge in [0.05, 0.1) is 18.2 Å². The molecule has 5 heteroatoms. The van der Waals surface area contributed by atoms with Gasteiger partial charge in [0.15, 0.2) is 0 Å². The molecule has 2 aromatic heterocycles. The molecule has 4 rings (SSSR count). The standard InChI is InChI=1S/C23H20N2O3/c1-2-28-16-8-5-7-15(13-16)22(20-11-6-12-21(25-20)23(26)27)18-14-24-19-10-4-3-9-17(18)19/h3-14,22,24H,2H2,1H3,(H,26,27). The third kappa shape index (κ3) is 3.34. The molecule has 0 fully saturated rings. The molecule has 1 atom stereocenters. The van der Waals surface area contributed by atoms with Gasteiger partial charge < -0.3 is 14.8 Å². The lowest BCUT2D eigenvalue weighted by Gasteiger charge is -2.18. The van der Waals surface area contributed by atoms with E-state index in [-0.39, 0.29) is 11.6 Å². The van der Waals surface area contributed by atoms with Crippen LogP contribution in [-0.2, 0) is 0 Å². The van der Waals surface area contributed by atoms with Crippen LogP contribution in [0.3, 0.4) is 0 Å². The third-order valence-corrected chi connectivity index (χ3v) is 4.72. The molecule has 0 saturated heterocycles. The van der Waals surface area contributed by atoms with Crippen LogP contribution in [0.5, 0.6) is 5.75 Å². The van der Waals surface area contributed by atoms with Crippen LogP contribution in [0, 0.1) is 0 Å². The average Bonchev–Trinajstić information content (AvgIpc) is 3.13. The smallest absolute Gasteiger partial charge is 0.354 e. The molecule has 140 valence electrons. The molecule has 0 bridgehead atoms. The van der Waals surface area contributed by atoms with Crippen LogP contribution in [-0.4, -0.2) is 27.7 Å². The lowest BCUT2D eigenvalue weighted by atomic mass is 9.87. The molecule has 2 N–H and O–H groups in total. The average molecular weight is 372 g/mol. The summed E-state index contributed by atoms with van der Waals surface area (Å²) < 4.78 is 5.68. The van der Waals surface area contributed by atoms with Crippen molar-refractivity contribution in [3.63, 3.8) is 0 Å². The number of carboxylic acid groups (broad SMARTS) is 1. The van der Waals surface area contributed by atoms with E-state index in [1.165, 1.54) is 6.07 Å². The summed E-state index contributed by atoms with van der Waals surface area (Å²) in [5.41, 5.74) is 3.77. The van der Waals surface area contributed by atoms with Crippen molar-refractivity contribution in [2.45, 2.75) is 12.8 Å². The predicted octanol–water partition coefficient (Wildman–Crippen LogP) is 4.84. The molecule has 28 heavy (non-hydrogen) atoms. The number of ether oxygens (including phenoxy) is 1. The maximum atomic E-state index is 11.5. The Morgan fingerprint density at radius 3 is 2.75 bits per heavy atom. The molecule has 2 aromatic carbocycles. The number of aromatic nitrogens is 2. The first kappa shape index (κ1) is 17.8. The van der Waals surface area contributed by atoms with Gasteiger partial charge in [0.1, 0.15) is 11.4 Å². The summed E-state index contributed by atoms with van der Waals surface area (Å²) in [4.78, 5) is 19.2. The van der Waals surface area contributed by atoms with Crippen LogP contribution < -0.4 is 4.74 Å². The number of benzene rings is 2. The van der Waals surface area contributed by atoms with Gasteiger partial charge in [-0.3, -0.25) is 0 Å². The number of carboxylic acids is 1. The summed E-state index contributed by atoms with van der Waals surface area (Å²) in [6.07, 6.45) is 1.97. The van der Waals surface area contributed by atoms with Gasteiger partial charge in [-0.1, -0.05) is 36.4 Å². The van der Waals surface area contributed by atoms with E-state index >= 15 is 0 Å². The number of hydrogen-bond donors (Lipinski definition) is 2. The van der Waals surface area contributed by atoms with Gasteiger partial charge in [0.2, 0.25) is 0 Å². The van der Waals surface area contributed by atoms with Crippen molar-refractivity contribution in [3.05, 3.63) is 95.4 Å². The largest absolute Gasteiger partial charge is 0.494 e. The van der Waals surface area contributed by atoms with Crippen molar-refractivity contribution in [1.29, 1.82) is 0 Å². The second-order valence-corrected chi connectivity index (χ2v) is 6.48. The van der Waals surface area contributed by atoms with Crippen molar-refractivity contribution in [2.75, 3.05) is 6.61 Å². The van der Waals surface area contributed by atoms with Gasteiger partial charge >= 0.3 is 5.97 Å². The van der Waals surface area contributed by atoms with Gasteiger partial charge in [-0.15, -0.1) is 0 Å². The van der Waals surface area contributed by atoms with Gasteiger partial charge in [-0.2, -0.15) is 0 Å². The number of aromatic amines is 1. The van der Waals surface area contributed by atoms with Gasteiger partial charge in [-0.25, -0.2) is 9.78 Å². The number of hydrogen-bond acceptors (Lipinski definition) is 3. The Kier molecular flexibility index (Phi) is 4.81. The molecule has 1 unspecified atom stereocenters. The van der Waals surface area contributed by atoms with Crippen LogP contribution in [0.1, 0.15) is 40.2 Å². The zero-order valence-electron chi connectivity index (χ0n) is 15.4. The summed E-state index contributed by atoms with van der Waals surface area (Å²) in [6, 6.07) is 21.0. The minimum Gasteiger partial charge on any atom is -0.494 e. The molecule has 0 radical (unpaired) electrons. The van der Waals surface area contributed by atoms with Gasteiger partial charge in [0.25, 0.3) is 0 Å². The number of para-hydroxylation sites is 1. The number of carbonyl (C=O) groups is 1. The maximum absolute atomic E-state index is 11.5. The van der Waals surface area contributed by atoms with E-state index in [0.29, 0.717) is 12.3 Å². The van der Waals surface area contributed by atoms with Crippen molar-refractivity contribution in [2.24, 2.45) is 0 Å². The predicted molar refractivity (Wildman–Crippen MR) is 108 cm³/mol. The Morgan fingerprint density at radius 1 is 1.11 bits per heavy atom. The van der Waals surface area contributed by atoms with Crippen molar-refractivity contribution >= 4 is 16.9 Å². The zero-order chi connectivity index (χ0) is 19.5. The molecule has 2 heterocycles. The molecule has 0 aliphatic carbocycles. The van der Waals surface area contributed by atoms with Gasteiger partial charge in [0, 0.05) is 17.1 Å². The third-order valence-electron chi connectivity index (χ3n) is 4.72. The van der Waals surface area contributed by atoms with E-state index in [4.69, 9.17) is 4.74 Å². The molecule has 5 nitrogen and oxygen atoms in total. The monoisotopic (exact) mass is 372 g/mol. The number of nitrogens with zero attached hydrogens (tertiary/aromatic N) is 1. The molecule has 0 saturated carbocycles. The molecular weight excluding hydrogens is 352 g/mol. The fourth-order valence-electron chi connectivity index (χ4n) is 3.52. The summed E-state index contributed by atoms with van der Waals surface area (Å²) in [5, 5.41) is 10.5. The van der Waals surface area contributed by atoms with E-state index in [1.54, 1.807) is 6.07 Å². The SMILES string of the molecule is CCOc1cccc(C(c2cccc(C(=O)O)n2)c2c[nH]c3ccccc23)c1. The second kappa shape index (κ2) is 7.56. The highest BCUT2D eigenvalue weighted by Crippen LogP contribution is 2.36. The number of pyridine rings is 1. The minimum absolute atomic E-state index is 0.0308. The van der Waals surface area contributed by atoms with Crippen molar-refractivity contribution < 1.29 is 14.6 Å². The fraction of sp³-hybridized carbons (Fsp3) is 0.130. The summed E-state index contributed by atoms with van der Waals surface area (Å²) in [7, 11) is 0. The zero-order valence-corrected chi connectivity index (χ0v) is 15.4. The van der Waals surface area contributed by atoms with Crippen LogP contribution in [0.2, 0.25) is 0 Å². The van der Waals surface area contributed by atoms with E-state index in [9.17, 15) is 9.90 Å². The number of rotatable bonds is 6. The Balaban J connectivity index is 1.92. The summed E-state index contributed by atoms with van der Waals surface area (Å²) in [5.74, 6) is -0.488. The molecule has 0 amide bonds. The number of nitrogens with one attached hydrogen (secondary N) is 1. The first-order valence-electron chi connectivity index (χ1n) is 9.16.